The number of nitrogens with one attached hydrogen (secondary N) is 1. The van der Waals surface area contributed by atoms with E-state index in [0.717, 1.165) is 9.88 Å². The summed E-state index contributed by atoms with van der Waals surface area (Å²) < 4.78 is 7.96. The SMILES string of the molecule is Cc1ncc(C#Cc2cccc3oc(C(C)NC(=O)c4c(C)nn5cccnc45)c(-c4ccccc4)c(=O)c23)s1. The van der Waals surface area contributed by atoms with Crippen LogP contribution in [0.3, 0.4) is 0 Å². The van der Waals surface area contributed by atoms with Crippen LogP contribution in [0.5, 0.6) is 0 Å². The lowest BCUT2D eigenvalue weighted by Gasteiger charge is -2.18. The molecule has 8 nitrogen and oxygen atoms in total. The summed E-state index contributed by atoms with van der Waals surface area (Å²) in [7, 11) is 0. The first-order valence-electron chi connectivity index (χ1n) is 12.6. The molecule has 196 valence electrons. The smallest absolute Gasteiger partial charge is 0.257 e. The Morgan fingerprint density at radius 1 is 1.05 bits per heavy atom. The van der Waals surface area contributed by atoms with Crippen molar-refractivity contribution in [2.45, 2.75) is 26.8 Å². The monoisotopic (exact) mass is 545 g/mol. The fraction of sp³-hybridized carbons (Fsp3) is 0.129. The Labute approximate surface area is 233 Å². The molecule has 1 amide bonds. The number of aromatic nitrogens is 4. The number of thiazole rings is 1. The van der Waals surface area contributed by atoms with Gasteiger partial charge >= 0.3 is 0 Å². The zero-order valence-electron chi connectivity index (χ0n) is 21.9. The molecule has 0 aliphatic rings. The summed E-state index contributed by atoms with van der Waals surface area (Å²) >= 11 is 1.49. The first-order chi connectivity index (χ1) is 19.4. The molecular formula is C31H23N5O3S. The maximum Gasteiger partial charge on any atom is 0.257 e. The Balaban J connectivity index is 1.48. The summed E-state index contributed by atoms with van der Waals surface area (Å²) in [5.41, 5.74) is 3.16. The highest BCUT2D eigenvalue weighted by Crippen LogP contribution is 2.30. The summed E-state index contributed by atoms with van der Waals surface area (Å²) in [6.07, 6.45) is 5.07. The van der Waals surface area contributed by atoms with Gasteiger partial charge in [0.2, 0.25) is 5.43 Å². The third-order valence-corrected chi connectivity index (χ3v) is 7.32. The summed E-state index contributed by atoms with van der Waals surface area (Å²) in [5.74, 6) is 6.24. The van der Waals surface area contributed by atoms with Crippen LogP contribution in [-0.4, -0.2) is 25.5 Å². The van der Waals surface area contributed by atoms with Gasteiger partial charge in [-0.3, -0.25) is 9.59 Å². The van der Waals surface area contributed by atoms with Crippen LogP contribution >= 0.6 is 11.3 Å². The van der Waals surface area contributed by atoms with Gasteiger partial charge in [-0.25, -0.2) is 14.5 Å². The quantitative estimate of drug-likeness (QED) is 0.295. The molecule has 4 heterocycles. The average Bonchev–Trinajstić information content (AvgIpc) is 3.53. The number of hydrogen-bond donors (Lipinski definition) is 1. The van der Waals surface area contributed by atoms with Crippen LogP contribution in [0, 0.1) is 25.7 Å². The van der Waals surface area contributed by atoms with Gasteiger partial charge in [0.05, 0.1) is 38.8 Å². The van der Waals surface area contributed by atoms with Crippen molar-refractivity contribution in [2.24, 2.45) is 0 Å². The number of benzene rings is 2. The number of carbonyl (C=O) groups excluding carboxylic acids is 1. The van der Waals surface area contributed by atoms with Crippen LogP contribution in [0.1, 0.15) is 50.2 Å². The van der Waals surface area contributed by atoms with Crippen molar-refractivity contribution >= 4 is 33.9 Å². The van der Waals surface area contributed by atoms with Gasteiger partial charge < -0.3 is 9.73 Å². The second-order valence-corrected chi connectivity index (χ2v) is 10.5. The van der Waals surface area contributed by atoms with E-state index in [-0.39, 0.29) is 11.3 Å². The van der Waals surface area contributed by atoms with Crippen LogP contribution < -0.4 is 10.7 Å². The van der Waals surface area contributed by atoms with Crippen LogP contribution in [-0.2, 0) is 0 Å². The van der Waals surface area contributed by atoms with Gasteiger partial charge in [-0.05, 0) is 50.5 Å². The molecule has 0 aliphatic carbocycles. The lowest BCUT2D eigenvalue weighted by molar-refractivity contribution is 0.0936. The molecule has 6 rings (SSSR count). The van der Waals surface area contributed by atoms with Gasteiger partial charge in [0, 0.05) is 18.0 Å². The molecule has 1 atom stereocenters. The molecule has 0 radical (unpaired) electrons. The molecule has 2 aromatic carbocycles. The Bertz CT molecular complexity index is 2030. The van der Waals surface area contributed by atoms with Gasteiger partial charge in [0.25, 0.3) is 5.91 Å². The van der Waals surface area contributed by atoms with E-state index in [4.69, 9.17) is 4.42 Å². The molecule has 1 unspecified atom stereocenters. The summed E-state index contributed by atoms with van der Waals surface area (Å²) in [4.78, 5) is 37.0. The molecule has 40 heavy (non-hydrogen) atoms. The number of aryl methyl sites for hydroxylation is 2. The second kappa shape index (κ2) is 10.2. The maximum atomic E-state index is 14.2. The Kier molecular flexibility index (Phi) is 6.46. The first-order valence-corrected chi connectivity index (χ1v) is 13.4. The lowest BCUT2D eigenvalue weighted by Crippen LogP contribution is -2.28. The van der Waals surface area contributed by atoms with E-state index in [2.05, 4.69) is 32.2 Å². The first kappa shape index (κ1) is 25.2. The Morgan fingerprint density at radius 2 is 1.88 bits per heavy atom. The van der Waals surface area contributed by atoms with Gasteiger partial charge in [0.15, 0.2) is 5.65 Å². The number of fused-ring (bicyclic) bond motifs is 2. The lowest BCUT2D eigenvalue weighted by atomic mass is 9.97. The van der Waals surface area contributed by atoms with Gasteiger partial charge in [-0.15, -0.1) is 11.3 Å². The summed E-state index contributed by atoms with van der Waals surface area (Å²) in [5, 5.41) is 8.70. The fourth-order valence-electron chi connectivity index (χ4n) is 4.69. The highest BCUT2D eigenvalue weighted by molar-refractivity contribution is 7.12. The van der Waals surface area contributed by atoms with E-state index in [1.165, 1.54) is 11.3 Å². The third kappa shape index (κ3) is 4.55. The van der Waals surface area contributed by atoms with Crippen molar-refractivity contribution in [1.29, 1.82) is 0 Å². The number of carbonyl (C=O) groups is 1. The molecule has 6 aromatic rings. The molecular weight excluding hydrogens is 522 g/mol. The highest BCUT2D eigenvalue weighted by Gasteiger charge is 2.26. The molecule has 9 heteroatoms. The Hall–Kier alpha value is -5.07. The van der Waals surface area contributed by atoms with E-state index in [9.17, 15) is 9.59 Å². The zero-order valence-corrected chi connectivity index (χ0v) is 22.7. The summed E-state index contributed by atoms with van der Waals surface area (Å²) in [6.45, 7) is 5.47. The molecule has 0 saturated carbocycles. The average molecular weight is 546 g/mol. The molecule has 0 fully saturated rings. The molecule has 0 aliphatic heterocycles. The van der Waals surface area contributed by atoms with Crippen LogP contribution in [0.2, 0.25) is 0 Å². The van der Waals surface area contributed by atoms with E-state index in [1.807, 2.05) is 37.3 Å². The predicted octanol–water partition coefficient (Wildman–Crippen LogP) is 5.47. The van der Waals surface area contributed by atoms with Crippen LogP contribution in [0.25, 0.3) is 27.7 Å². The largest absolute Gasteiger partial charge is 0.458 e. The van der Waals surface area contributed by atoms with Crippen molar-refractivity contribution in [3.63, 3.8) is 0 Å². The summed E-state index contributed by atoms with van der Waals surface area (Å²) in [6, 6.07) is 15.8. The zero-order chi connectivity index (χ0) is 27.8. The minimum atomic E-state index is -0.646. The van der Waals surface area contributed by atoms with Crippen LogP contribution in [0.15, 0.2) is 82.4 Å². The molecule has 0 bridgehead atoms. The molecule has 0 spiro atoms. The minimum absolute atomic E-state index is 0.220. The normalized spacial score (nSPS) is 11.8. The van der Waals surface area contributed by atoms with Gasteiger partial charge in [0.1, 0.15) is 16.9 Å². The van der Waals surface area contributed by atoms with E-state index >= 15 is 0 Å². The van der Waals surface area contributed by atoms with Crippen molar-refractivity contribution in [1.82, 2.24) is 24.9 Å². The van der Waals surface area contributed by atoms with Crippen LogP contribution in [0.4, 0.5) is 0 Å². The van der Waals surface area contributed by atoms with Crippen molar-refractivity contribution in [2.75, 3.05) is 0 Å². The topological polar surface area (TPSA) is 102 Å². The molecule has 4 aromatic heterocycles. The molecule has 0 saturated heterocycles. The Morgan fingerprint density at radius 3 is 2.65 bits per heavy atom. The number of nitrogens with zero attached hydrogens (tertiary/aromatic N) is 4. The third-order valence-electron chi connectivity index (χ3n) is 6.49. The van der Waals surface area contributed by atoms with E-state index in [0.29, 0.717) is 50.3 Å². The van der Waals surface area contributed by atoms with Crippen molar-refractivity contribution in [3.05, 3.63) is 116 Å². The van der Waals surface area contributed by atoms with E-state index in [1.54, 1.807) is 61.2 Å². The molecule has 1 N–H and O–H groups in total. The van der Waals surface area contributed by atoms with E-state index < -0.39 is 6.04 Å². The maximum absolute atomic E-state index is 14.2. The number of rotatable bonds is 4. The predicted molar refractivity (Wildman–Crippen MR) is 154 cm³/mol. The highest BCUT2D eigenvalue weighted by atomic mass is 32.1. The second-order valence-electron chi connectivity index (χ2n) is 9.25. The van der Waals surface area contributed by atoms with Gasteiger partial charge in [-0.1, -0.05) is 42.3 Å². The standard InChI is InChI=1S/C31H23N5O3S/c1-18-25(30-32-15-8-16-36(30)35-18)31(38)34-19(2)29-27(21-9-5-4-6-10-21)28(37)26-22(11-7-12-24(26)39-29)13-14-23-17-33-20(3)40-23/h4-12,15-17,19H,1-3H3,(H,34,38). The van der Waals surface area contributed by atoms with Crippen molar-refractivity contribution < 1.29 is 9.21 Å². The van der Waals surface area contributed by atoms with Gasteiger partial charge in [-0.2, -0.15) is 5.10 Å². The fourth-order valence-corrected chi connectivity index (χ4v) is 5.32. The number of amides is 1. The number of hydrogen-bond acceptors (Lipinski definition) is 7. The minimum Gasteiger partial charge on any atom is -0.458 e. The van der Waals surface area contributed by atoms with Crippen molar-refractivity contribution in [3.8, 4) is 23.0 Å².